The molecule has 9 nitrogen and oxygen atoms in total. The summed E-state index contributed by atoms with van der Waals surface area (Å²) in [5.41, 5.74) is 0.911. The zero-order valence-electron chi connectivity index (χ0n) is 18.8. The molecular formula is C23H32N4O5S. The molecule has 0 saturated carbocycles. The van der Waals surface area contributed by atoms with E-state index in [2.05, 4.69) is 10.6 Å². The van der Waals surface area contributed by atoms with Crippen LogP contribution < -0.4 is 10.6 Å². The Kier molecular flexibility index (Phi) is 7.33. The second-order valence-corrected chi connectivity index (χ2v) is 11.1. The lowest BCUT2D eigenvalue weighted by Crippen LogP contribution is -2.48. The van der Waals surface area contributed by atoms with Gasteiger partial charge in [0.05, 0.1) is 4.90 Å². The van der Waals surface area contributed by atoms with E-state index < -0.39 is 22.1 Å². The van der Waals surface area contributed by atoms with E-state index >= 15 is 0 Å². The molecule has 10 heteroatoms. The summed E-state index contributed by atoms with van der Waals surface area (Å²) in [4.78, 5) is 38.2. The van der Waals surface area contributed by atoms with Gasteiger partial charge < -0.3 is 10.2 Å². The van der Waals surface area contributed by atoms with Crippen LogP contribution in [0.3, 0.4) is 0 Å². The molecule has 0 bridgehead atoms. The van der Waals surface area contributed by atoms with Crippen LogP contribution in [0.25, 0.3) is 0 Å². The summed E-state index contributed by atoms with van der Waals surface area (Å²) in [7, 11) is -3.48. The van der Waals surface area contributed by atoms with Gasteiger partial charge in [-0.2, -0.15) is 4.31 Å². The number of rotatable bonds is 6. The number of sulfonamides is 1. The first kappa shape index (κ1) is 23.7. The largest absolute Gasteiger partial charge is 0.342 e. The number of nitrogens with one attached hydrogen (secondary N) is 2. The van der Waals surface area contributed by atoms with Gasteiger partial charge in [0.25, 0.3) is 5.91 Å². The molecule has 2 atom stereocenters. The van der Waals surface area contributed by atoms with Crippen molar-refractivity contribution < 1.29 is 22.8 Å². The molecule has 0 spiro atoms. The second-order valence-electron chi connectivity index (χ2n) is 9.14. The Morgan fingerprint density at radius 3 is 2.30 bits per heavy atom. The van der Waals surface area contributed by atoms with Gasteiger partial charge in [0.1, 0.15) is 6.04 Å². The van der Waals surface area contributed by atoms with Crippen molar-refractivity contribution >= 4 is 27.9 Å². The standard InChI is InChI=1S/C23H32N4O5S/c28-20(26-13-5-6-18(16-26)21-22(29)25-23(30)24-21)12-9-17-7-10-19(11-8-17)33(31,32)27-14-3-1-2-4-15-27/h7-8,10-11,18,21H,1-6,9,12-16H2,(H2,24,25,29,30)/t18-,21-/m0/s1. The number of carbonyl (C=O) groups excluding carboxylic acids is 3. The number of urea groups is 1. The lowest BCUT2D eigenvalue weighted by Gasteiger charge is -2.34. The summed E-state index contributed by atoms with van der Waals surface area (Å²) >= 11 is 0. The van der Waals surface area contributed by atoms with Crippen LogP contribution in [-0.2, 0) is 26.0 Å². The van der Waals surface area contributed by atoms with Crippen LogP contribution >= 0.6 is 0 Å². The summed E-state index contributed by atoms with van der Waals surface area (Å²) in [6, 6.07) is 5.79. The molecule has 33 heavy (non-hydrogen) atoms. The predicted molar refractivity (Wildman–Crippen MR) is 122 cm³/mol. The first-order valence-corrected chi connectivity index (χ1v) is 13.3. The molecule has 4 rings (SSSR count). The summed E-state index contributed by atoms with van der Waals surface area (Å²) in [6.07, 6.45) is 6.34. The smallest absolute Gasteiger partial charge is 0.322 e. The minimum atomic E-state index is -3.48. The number of aryl methyl sites for hydroxylation is 1. The zero-order chi connectivity index (χ0) is 23.4. The quantitative estimate of drug-likeness (QED) is 0.606. The third-order valence-electron chi connectivity index (χ3n) is 6.84. The van der Waals surface area contributed by atoms with E-state index in [4.69, 9.17) is 0 Å². The molecule has 3 aliphatic rings. The summed E-state index contributed by atoms with van der Waals surface area (Å²) in [5, 5.41) is 4.90. The maximum absolute atomic E-state index is 12.9. The minimum Gasteiger partial charge on any atom is -0.342 e. The lowest BCUT2D eigenvalue weighted by molar-refractivity contribution is -0.134. The Hall–Kier alpha value is -2.46. The van der Waals surface area contributed by atoms with Crippen LogP contribution in [0.1, 0.15) is 50.5 Å². The highest BCUT2D eigenvalue weighted by atomic mass is 32.2. The topological polar surface area (TPSA) is 116 Å². The van der Waals surface area contributed by atoms with Gasteiger partial charge in [-0.3, -0.25) is 14.9 Å². The van der Waals surface area contributed by atoms with Crippen molar-refractivity contribution in [3.05, 3.63) is 29.8 Å². The van der Waals surface area contributed by atoms with Crippen molar-refractivity contribution in [2.75, 3.05) is 26.2 Å². The molecule has 3 fully saturated rings. The second kappa shape index (κ2) is 10.2. The molecule has 0 radical (unpaired) electrons. The zero-order valence-corrected chi connectivity index (χ0v) is 19.6. The van der Waals surface area contributed by atoms with Crippen molar-refractivity contribution in [3.63, 3.8) is 0 Å². The monoisotopic (exact) mass is 476 g/mol. The number of amides is 4. The Labute approximate surface area is 194 Å². The molecule has 3 heterocycles. The van der Waals surface area contributed by atoms with Gasteiger partial charge in [-0.15, -0.1) is 0 Å². The van der Waals surface area contributed by atoms with Crippen LogP contribution in [0.5, 0.6) is 0 Å². The predicted octanol–water partition coefficient (Wildman–Crippen LogP) is 1.63. The maximum Gasteiger partial charge on any atom is 0.322 e. The fourth-order valence-corrected chi connectivity index (χ4v) is 6.46. The summed E-state index contributed by atoms with van der Waals surface area (Å²) in [6.45, 7) is 2.23. The van der Waals surface area contributed by atoms with Crippen LogP contribution in [-0.4, -0.2) is 67.7 Å². The van der Waals surface area contributed by atoms with E-state index in [-0.39, 0.29) is 17.7 Å². The maximum atomic E-state index is 12.9. The minimum absolute atomic E-state index is 0.00527. The number of piperidine rings is 1. The van der Waals surface area contributed by atoms with Crippen LogP contribution in [0, 0.1) is 5.92 Å². The van der Waals surface area contributed by atoms with E-state index in [1.807, 2.05) is 0 Å². The number of hydrogen-bond donors (Lipinski definition) is 2. The number of likely N-dealkylation sites (tertiary alicyclic amines) is 1. The molecular weight excluding hydrogens is 444 g/mol. The molecule has 1 aromatic rings. The molecule has 180 valence electrons. The fourth-order valence-electron chi connectivity index (χ4n) is 4.94. The first-order chi connectivity index (χ1) is 15.8. The van der Waals surface area contributed by atoms with Gasteiger partial charge >= 0.3 is 6.03 Å². The molecule has 3 aliphatic heterocycles. The Bertz CT molecular complexity index is 987. The molecule has 4 amide bonds. The van der Waals surface area contributed by atoms with Gasteiger partial charge in [0.2, 0.25) is 15.9 Å². The number of carbonyl (C=O) groups is 3. The normalized spacial score (nSPS) is 24.8. The van der Waals surface area contributed by atoms with Crippen molar-refractivity contribution in [1.82, 2.24) is 19.8 Å². The van der Waals surface area contributed by atoms with Gasteiger partial charge in [-0.25, -0.2) is 13.2 Å². The highest BCUT2D eigenvalue weighted by Gasteiger charge is 2.38. The average Bonchev–Trinajstić information content (AvgIpc) is 3.00. The van der Waals surface area contributed by atoms with Gasteiger partial charge in [0.15, 0.2) is 0 Å². The van der Waals surface area contributed by atoms with Crippen molar-refractivity contribution in [3.8, 4) is 0 Å². The van der Waals surface area contributed by atoms with Gasteiger partial charge in [-0.1, -0.05) is 25.0 Å². The fraction of sp³-hybridized carbons (Fsp3) is 0.609. The third kappa shape index (κ3) is 5.55. The van der Waals surface area contributed by atoms with E-state index in [0.29, 0.717) is 43.9 Å². The molecule has 0 unspecified atom stereocenters. The number of nitrogens with zero attached hydrogens (tertiary/aromatic N) is 2. The van der Waals surface area contributed by atoms with Crippen molar-refractivity contribution in [2.24, 2.45) is 5.92 Å². The third-order valence-corrected chi connectivity index (χ3v) is 8.75. The van der Waals surface area contributed by atoms with E-state index in [1.54, 1.807) is 33.5 Å². The van der Waals surface area contributed by atoms with Gasteiger partial charge in [0, 0.05) is 38.5 Å². The molecule has 3 saturated heterocycles. The molecule has 0 aromatic heterocycles. The number of benzene rings is 1. The SMILES string of the molecule is O=C1NC(=O)[C@H]([C@H]2CCCN(C(=O)CCc3ccc(S(=O)(=O)N4CCCCCC4)cc3)C2)N1. The van der Waals surface area contributed by atoms with Crippen LogP contribution in [0.4, 0.5) is 4.79 Å². The molecule has 2 N–H and O–H groups in total. The van der Waals surface area contributed by atoms with E-state index in [9.17, 15) is 22.8 Å². The van der Waals surface area contributed by atoms with Gasteiger partial charge in [-0.05, 0) is 49.8 Å². The Morgan fingerprint density at radius 2 is 1.67 bits per heavy atom. The number of hydrogen-bond acceptors (Lipinski definition) is 5. The Balaban J connectivity index is 1.31. The first-order valence-electron chi connectivity index (χ1n) is 11.8. The summed E-state index contributed by atoms with van der Waals surface area (Å²) in [5.74, 6) is -0.405. The van der Waals surface area contributed by atoms with Crippen LogP contribution in [0.2, 0.25) is 0 Å². The average molecular weight is 477 g/mol. The molecule has 0 aliphatic carbocycles. The number of imide groups is 1. The summed E-state index contributed by atoms with van der Waals surface area (Å²) < 4.78 is 27.4. The Morgan fingerprint density at radius 1 is 0.970 bits per heavy atom. The molecule has 1 aromatic carbocycles. The van der Waals surface area contributed by atoms with Crippen LogP contribution in [0.15, 0.2) is 29.2 Å². The highest BCUT2D eigenvalue weighted by Crippen LogP contribution is 2.24. The van der Waals surface area contributed by atoms with Crippen molar-refractivity contribution in [2.45, 2.75) is 62.3 Å². The van der Waals surface area contributed by atoms with E-state index in [1.165, 1.54) is 0 Å². The lowest BCUT2D eigenvalue weighted by atomic mass is 9.90. The van der Waals surface area contributed by atoms with E-state index in [0.717, 1.165) is 44.1 Å². The highest BCUT2D eigenvalue weighted by molar-refractivity contribution is 7.89. The van der Waals surface area contributed by atoms with Crippen molar-refractivity contribution in [1.29, 1.82) is 0 Å².